The second-order valence-corrected chi connectivity index (χ2v) is 3.04. The van der Waals surface area contributed by atoms with Crippen molar-refractivity contribution >= 4 is 5.91 Å². The summed E-state index contributed by atoms with van der Waals surface area (Å²) in [5.74, 6) is 0.103. The van der Waals surface area contributed by atoms with Gasteiger partial charge >= 0.3 is 0 Å². The molecule has 1 rings (SSSR count). The topological polar surface area (TPSA) is 29.1 Å². The van der Waals surface area contributed by atoms with Crippen LogP contribution in [0.4, 0.5) is 0 Å². The Hall–Kier alpha value is -1.32. The van der Waals surface area contributed by atoms with Crippen LogP contribution >= 0.6 is 0 Å². The first kappa shape index (κ1) is 8.77. The molecule has 0 bridgehead atoms. The summed E-state index contributed by atoms with van der Waals surface area (Å²) in [7, 11) is 5.44. The molecule has 0 unspecified atom stereocenters. The number of hydrogen-bond donors (Lipinski definition) is 0. The SMILES string of the molecule is CN(C)C(=O)Cn1cc[n+](C)c1. The number of rotatable bonds is 2. The molecule has 4 heteroatoms. The first-order chi connectivity index (χ1) is 5.59. The van der Waals surface area contributed by atoms with Crippen LogP contribution in [-0.4, -0.2) is 29.5 Å². The molecular formula is C8H14N3O+. The van der Waals surface area contributed by atoms with E-state index in [0.717, 1.165) is 0 Å². The van der Waals surface area contributed by atoms with E-state index in [1.807, 2.05) is 34.9 Å². The number of hydrogen-bond acceptors (Lipinski definition) is 1. The molecule has 0 fully saturated rings. The number of aryl methyl sites for hydroxylation is 1. The number of aromatic nitrogens is 2. The monoisotopic (exact) mass is 168 g/mol. The lowest BCUT2D eigenvalue weighted by Gasteiger charge is -2.06. The Morgan fingerprint density at radius 3 is 2.67 bits per heavy atom. The second-order valence-electron chi connectivity index (χ2n) is 3.04. The fraction of sp³-hybridized carbons (Fsp3) is 0.500. The van der Waals surface area contributed by atoms with Crippen LogP contribution in [0.25, 0.3) is 0 Å². The van der Waals surface area contributed by atoms with E-state index in [1.165, 1.54) is 0 Å². The number of amides is 1. The van der Waals surface area contributed by atoms with E-state index >= 15 is 0 Å². The first-order valence-corrected chi connectivity index (χ1v) is 3.81. The average Bonchev–Trinajstić information content (AvgIpc) is 2.35. The number of carbonyl (C=O) groups is 1. The minimum atomic E-state index is 0.103. The number of nitrogens with zero attached hydrogens (tertiary/aromatic N) is 3. The molecule has 1 aromatic heterocycles. The van der Waals surface area contributed by atoms with Crippen molar-refractivity contribution in [2.24, 2.45) is 7.05 Å². The third kappa shape index (κ3) is 2.08. The number of imidazole rings is 1. The molecule has 0 saturated heterocycles. The Kier molecular flexibility index (Phi) is 2.47. The van der Waals surface area contributed by atoms with Crippen molar-refractivity contribution in [2.45, 2.75) is 6.54 Å². The lowest BCUT2D eigenvalue weighted by molar-refractivity contribution is -0.671. The van der Waals surface area contributed by atoms with Crippen LogP contribution in [0.5, 0.6) is 0 Å². The maximum Gasteiger partial charge on any atom is 0.264 e. The predicted molar refractivity (Wildman–Crippen MR) is 44.3 cm³/mol. The maximum absolute atomic E-state index is 11.2. The van der Waals surface area contributed by atoms with Gasteiger partial charge in [0, 0.05) is 14.1 Å². The lowest BCUT2D eigenvalue weighted by atomic mass is 10.5. The fourth-order valence-corrected chi connectivity index (χ4v) is 0.893. The van der Waals surface area contributed by atoms with Gasteiger partial charge in [0.1, 0.15) is 12.4 Å². The normalized spacial score (nSPS) is 9.92. The Morgan fingerprint density at radius 1 is 1.58 bits per heavy atom. The highest BCUT2D eigenvalue weighted by Gasteiger charge is 2.08. The predicted octanol–water partition coefficient (Wildman–Crippen LogP) is -0.599. The van der Waals surface area contributed by atoms with Crippen LogP contribution in [0.3, 0.4) is 0 Å². The van der Waals surface area contributed by atoms with Crippen molar-refractivity contribution in [3.05, 3.63) is 18.7 Å². The van der Waals surface area contributed by atoms with Crippen molar-refractivity contribution in [1.82, 2.24) is 9.47 Å². The molecule has 66 valence electrons. The van der Waals surface area contributed by atoms with Gasteiger partial charge < -0.3 is 4.90 Å². The molecule has 1 amide bonds. The van der Waals surface area contributed by atoms with Gasteiger partial charge in [0.15, 0.2) is 6.54 Å². The van der Waals surface area contributed by atoms with Gasteiger partial charge in [0.2, 0.25) is 6.33 Å². The van der Waals surface area contributed by atoms with Crippen LogP contribution in [0.2, 0.25) is 0 Å². The van der Waals surface area contributed by atoms with Crippen molar-refractivity contribution in [1.29, 1.82) is 0 Å². The molecule has 1 heterocycles. The number of likely N-dealkylation sites (N-methyl/N-ethyl adjacent to an activating group) is 1. The molecule has 0 saturated carbocycles. The molecule has 12 heavy (non-hydrogen) atoms. The Morgan fingerprint density at radius 2 is 2.25 bits per heavy atom. The molecule has 4 nitrogen and oxygen atoms in total. The van der Waals surface area contributed by atoms with Crippen LogP contribution in [0.1, 0.15) is 0 Å². The summed E-state index contributed by atoms with van der Waals surface area (Å²) in [6, 6.07) is 0. The molecule has 0 aliphatic heterocycles. The van der Waals surface area contributed by atoms with E-state index in [9.17, 15) is 4.79 Å². The highest BCUT2D eigenvalue weighted by atomic mass is 16.2. The Labute approximate surface area is 72.0 Å². The van der Waals surface area contributed by atoms with E-state index < -0.39 is 0 Å². The van der Waals surface area contributed by atoms with Gasteiger partial charge in [-0.1, -0.05) is 0 Å². The summed E-state index contributed by atoms with van der Waals surface area (Å²) in [4.78, 5) is 12.8. The Bertz CT molecular complexity index is 278. The highest BCUT2D eigenvalue weighted by Crippen LogP contribution is 1.87. The van der Waals surface area contributed by atoms with Gasteiger partial charge in [0.05, 0.1) is 7.05 Å². The fourth-order valence-electron chi connectivity index (χ4n) is 0.893. The van der Waals surface area contributed by atoms with Crippen LogP contribution in [-0.2, 0) is 18.4 Å². The van der Waals surface area contributed by atoms with Crippen molar-refractivity contribution < 1.29 is 9.36 Å². The molecule has 0 N–H and O–H groups in total. The summed E-state index contributed by atoms with van der Waals surface area (Å²) in [6.07, 6.45) is 5.66. The van der Waals surface area contributed by atoms with Gasteiger partial charge in [0.25, 0.3) is 5.91 Å². The van der Waals surface area contributed by atoms with Gasteiger partial charge in [-0.25, -0.2) is 9.13 Å². The molecule has 0 aromatic carbocycles. The lowest BCUT2D eigenvalue weighted by Crippen LogP contribution is -2.28. The molecule has 0 atom stereocenters. The van der Waals surface area contributed by atoms with E-state index in [1.54, 1.807) is 19.0 Å². The van der Waals surface area contributed by atoms with E-state index in [-0.39, 0.29) is 5.91 Å². The van der Waals surface area contributed by atoms with Crippen LogP contribution in [0.15, 0.2) is 18.7 Å². The van der Waals surface area contributed by atoms with Crippen molar-refractivity contribution in [2.75, 3.05) is 14.1 Å². The third-order valence-electron chi connectivity index (χ3n) is 1.64. The van der Waals surface area contributed by atoms with Crippen molar-refractivity contribution in [3.8, 4) is 0 Å². The zero-order chi connectivity index (χ0) is 9.14. The smallest absolute Gasteiger partial charge is 0.264 e. The van der Waals surface area contributed by atoms with Crippen LogP contribution in [0, 0.1) is 0 Å². The second kappa shape index (κ2) is 3.38. The van der Waals surface area contributed by atoms with Gasteiger partial charge in [-0.3, -0.25) is 4.79 Å². The maximum atomic E-state index is 11.2. The molecule has 0 aliphatic carbocycles. The summed E-state index contributed by atoms with van der Waals surface area (Å²) >= 11 is 0. The largest absolute Gasteiger partial charge is 0.345 e. The average molecular weight is 168 g/mol. The van der Waals surface area contributed by atoms with E-state index in [0.29, 0.717) is 6.54 Å². The highest BCUT2D eigenvalue weighted by molar-refractivity contribution is 5.75. The molecule has 1 aromatic rings. The van der Waals surface area contributed by atoms with Gasteiger partial charge in [-0.2, -0.15) is 0 Å². The third-order valence-corrected chi connectivity index (χ3v) is 1.64. The molecule has 0 spiro atoms. The van der Waals surface area contributed by atoms with E-state index in [2.05, 4.69) is 0 Å². The van der Waals surface area contributed by atoms with Crippen LogP contribution < -0.4 is 4.57 Å². The standard InChI is InChI=1S/C8H14N3O/c1-9(2)8(12)6-11-5-4-10(3)7-11/h4-5,7H,6H2,1-3H3/q+1. The van der Waals surface area contributed by atoms with E-state index in [4.69, 9.17) is 0 Å². The summed E-state index contributed by atoms with van der Waals surface area (Å²) in [5.41, 5.74) is 0. The summed E-state index contributed by atoms with van der Waals surface area (Å²) in [5, 5.41) is 0. The molecule has 0 radical (unpaired) electrons. The molecular weight excluding hydrogens is 154 g/mol. The zero-order valence-electron chi connectivity index (χ0n) is 7.69. The Balaban J connectivity index is 2.58. The zero-order valence-corrected chi connectivity index (χ0v) is 7.69. The van der Waals surface area contributed by atoms with Crippen molar-refractivity contribution in [3.63, 3.8) is 0 Å². The first-order valence-electron chi connectivity index (χ1n) is 3.81. The number of carbonyl (C=O) groups excluding carboxylic acids is 1. The summed E-state index contributed by atoms with van der Waals surface area (Å²) in [6.45, 7) is 0.411. The minimum Gasteiger partial charge on any atom is -0.345 e. The molecule has 0 aliphatic rings. The van der Waals surface area contributed by atoms with Gasteiger partial charge in [-0.15, -0.1) is 0 Å². The van der Waals surface area contributed by atoms with Gasteiger partial charge in [-0.05, 0) is 0 Å². The summed E-state index contributed by atoms with van der Waals surface area (Å²) < 4.78 is 3.76. The minimum absolute atomic E-state index is 0.103. The quantitative estimate of drug-likeness (QED) is 0.542.